The maximum absolute atomic E-state index is 13.1. The number of ketones is 2. The topological polar surface area (TPSA) is 54.4 Å². The SMILES string of the molecule is C=C(CCC(C)C1CCC(=O)C1(C)CCC1C(=O)CCC2C(=C)C(O)CCC21C)C(C)C. The Hall–Kier alpha value is -1.22. The lowest BCUT2D eigenvalue weighted by molar-refractivity contribution is -0.137. The maximum atomic E-state index is 13.1. The molecule has 0 bridgehead atoms. The Balaban J connectivity index is 1.72. The van der Waals surface area contributed by atoms with Gasteiger partial charge in [0.2, 0.25) is 0 Å². The van der Waals surface area contributed by atoms with Crippen LogP contribution >= 0.6 is 0 Å². The van der Waals surface area contributed by atoms with Crippen molar-refractivity contribution in [3.63, 3.8) is 0 Å². The van der Waals surface area contributed by atoms with Crippen LogP contribution in [0.3, 0.4) is 0 Å². The van der Waals surface area contributed by atoms with Gasteiger partial charge >= 0.3 is 0 Å². The van der Waals surface area contributed by atoms with Crippen LogP contribution in [0.15, 0.2) is 24.3 Å². The fraction of sp³-hybridized carbons (Fsp3) is 0.793. The average molecular weight is 443 g/mol. The predicted octanol–water partition coefficient (Wildman–Crippen LogP) is 6.69. The van der Waals surface area contributed by atoms with E-state index in [2.05, 4.69) is 47.8 Å². The van der Waals surface area contributed by atoms with E-state index in [0.717, 1.165) is 50.5 Å². The Morgan fingerprint density at radius 3 is 2.47 bits per heavy atom. The predicted molar refractivity (Wildman–Crippen MR) is 131 cm³/mol. The number of rotatable bonds is 8. The van der Waals surface area contributed by atoms with Crippen LogP contribution in [-0.2, 0) is 9.59 Å². The van der Waals surface area contributed by atoms with Gasteiger partial charge in [-0.25, -0.2) is 0 Å². The van der Waals surface area contributed by atoms with E-state index in [0.29, 0.717) is 48.6 Å². The minimum Gasteiger partial charge on any atom is -0.389 e. The van der Waals surface area contributed by atoms with Gasteiger partial charge in [0, 0.05) is 24.2 Å². The van der Waals surface area contributed by atoms with Gasteiger partial charge in [-0.15, -0.1) is 0 Å². The molecule has 3 saturated carbocycles. The molecule has 3 rings (SSSR count). The highest BCUT2D eigenvalue weighted by atomic mass is 16.3. The molecule has 0 aromatic heterocycles. The van der Waals surface area contributed by atoms with Crippen molar-refractivity contribution in [3.05, 3.63) is 24.3 Å². The molecule has 32 heavy (non-hydrogen) atoms. The quantitative estimate of drug-likeness (QED) is 0.426. The van der Waals surface area contributed by atoms with E-state index in [1.54, 1.807) is 0 Å². The van der Waals surface area contributed by atoms with E-state index in [1.165, 1.54) is 5.57 Å². The molecule has 1 N–H and O–H groups in total. The molecule has 0 heterocycles. The van der Waals surface area contributed by atoms with Gasteiger partial charge in [-0.05, 0) is 86.0 Å². The zero-order valence-corrected chi connectivity index (χ0v) is 21.2. The normalized spacial score (nSPS) is 38.8. The van der Waals surface area contributed by atoms with E-state index in [1.807, 2.05) is 0 Å². The third-order valence-corrected chi connectivity index (χ3v) is 10.0. The minimum absolute atomic E-state index is 0.0209. The fourth-order valence-electron chi connectivity index (χ4n) is 7.40. The summed E-state index contributed by atoms with van der Waals surface area (Å²) in [7, 11) is 0. The number of carbonyl (C=O) groups is 2. The average Bonchev–Trinajstić information content (AvgIpc) is 3.03. The van der Waals surface area contributed by atoms with Crippen molar-refractivity contribution in [2.24, 2.45) is 40.4 Å². The number of allylic oxidation sites excluding steroid dienone is 1. The van der Waals surface area contributed by atoms with Gasteiger partial charge < -0.3 is 5.11 Å². The molecule has 180 valence electrons. The first-order valence-corrected chi connectivity index (χ1v) is 13.0. The van der Waals surface area contributed by atoms with Crippen molar-refractivity contribution in [1.29, 1.82) is 0 Å². The van der Waals surface area contributed by atoms with E-state index in [4.69, 9.17) is 0 Å². The molecule has 0 aliphatic heterocycles. The first kappa shape index (κ1) is 25.4. The minimum atomic E-state index is -0.429. The first-order chi connectivity index (χ1) is 14.9. The lowest BCUT2D eigenvalue weighted by atomic mass is 9.52. The number of hydrogen-bond donors (Lipinski definition) is 1. The fourth-order valence-corrected chi connectivity index (χ4v) is 7.40. The molecule has 7 unspecified atom stereocenters. The monoisotopic (exact) mass is 442 g/mol. The summed E-state index contributed by atoms with van der Waals surface area (Å²) in [6.07, 6.45) is 7.91. The summed E-state index contributed by atoms with van der Waals surface area (Å²) in [5.74, 6) is 2.33. The van der Waals surface area contributed by atoms with Gasteiger partial charge in [-0.2, -0.15) is 0 Å². The number of aliphatic hydroxyl groups is 1. The highest BCUT2D eigenvalue weighted by molar-refractivity contribution is 5.87. The van der Waals surface area contributed by atoms with Gasteiger partial charge in [0.1, 0.15) is 11.6 Å². The van der Waals surface area contributed by atoms with Crippen molar-refractivity contribution in [1.82, 2.24) is 0 Å². The maximum Gasteiger partial charge on any atom is 0.139 e. The van der Waals surface area contributed by atoms with Crippen LogP contribution in [0.1, 0.15) is 98.8 Å². The van der Waals surface area contributed by atoms with Gasteiger partial charge in [-0.1, -0.05) is 53.3 Å². The Morgan fingerprint density at radius 1 is 1.12 bits per heavy atom. The molecule has 0 amide bonds. The molecule has 3 heteroatoms. The largest absolute Gasteiger partial charge is 0.389 e. The molecule has 7 atom stereocenters. The molecule has 3 nitrogen and oxygen atoms in total. The Kier molecular flexibility index (Phi) is 7.59. The summed E-state index contributed by atoms with van der Waals surface area (Å²) >= 11 is 0. The zero-order chi connectivity index (χ0) is 23.8. The van der Waals surface area contributed by atoms with Crippen molar-refractivity contribution < 1.29 is 14.7 Å². The van der Waals surface area contributed by atoms with Crippen LogP contribution in [0.4, 0.5) is 0 Å². The second kappa shape index (κ2) is 9.57. The van der Waals surface area contributed by atoms with Crippen molar-refractivity contribution in [2.45, 2.75) is 105 Å². The van der Waals surface area contributed by atoms with Crippen LogP contribution in [0.2, 0.25) is 0 Å². The second-order valence-corrected chi connectivity index (χ2v) is 12.1. The molecular weight excluding hydrogens is 396 g/mol. The molecule has 0 spiro atoms. The highest BCUT2D eigenvalue weighted by Gasteiger charge is 2.53. The number of fused-ring (bicyclic) bond motifs is 1. The zero-order valence-electron chi connectivity index (χ0n) is 21.2. The first-order valence-electron chi connectivity index (χ1n) is 13.0. The Labute approximate surface area is 196 Å². The Bertz CT molecular complexity index is 764. The third kappa shape index (κ3) is 4.56. The number of hydrogen-bond acceptors (Lipinski definition) is 3. The standard InChI is InChI=1S/C29H46O3/c1-18(2)19(3)8-9-20(4)22-11-13-27(32)29(22,7)16-14-24-26(31)12-10-23-21(5)25(30)15-17-28(23,24)6/h18,20,22-25,30H,3,5,8-17H2,1-2,4,6-7H3. The molecule has 3 aliphatic rings. The van der Waals surface area contributed by atoms with Crippen molar-refractivity contribution in [2.75, 3.05) is 0 Å². The molecule has 0 radical (unpaired) electrons. The smallest absolute Gasteiger partial charge is 0.139 e. The summed E-state index contributed by atoms with van der Waals surface area (Å²) in [5.41, 5.74) is 1.78. The van der Waals surface area contributed by atoms with E-state index < -0.39 is 6.10 Å². The van der Waals surface area contributed by atoms with Crippen LogP contribution in [0.25, 0.3) is 0 Å². The van der Waals surface area contributed by atoms with Crippen LogP contribution < -0.4 is 0 Å². The molecular formula is C29H46O3. The van der Waals surface area contributed by atoms with Gasteiger partial charge in [0.25, 0.3) is 0 Å². The van der Waals surface area contributed by atoms with Gasteiger partial charge in [-0.3, -0.25) is 9.59 Å². The summed E-state index contributed by atoms with van der Waals surface area (Å²) < 4.78 is 0. The Morgan fingerprint density at radius 2 is 1.81 bits per heavy atom. The lowest BCUT2D eigenvalue weighted by Crippen LogP contribution is -2.49. The molecule has 0 aromatic rings. The second-order valence-electron chi connectivity index (χ2n) is 12.1. The van der Waals surface area contributed by atoms with E-state index in [-0.39, 0.29) is 22.7 Å². The van der Waals surface area contributed by atoms with Crippen LogP contribution in [0.5, 0.6) is 0 Å². The molecule has 0 aromatic carbocycles. The molecule has 3 aliphatic carbocycles. The lowest BCUT2D eigenvalue weighted by Gasteiger charge is -2.52. The van der Waals surface area contributed by atoms with Crippen molar-refractivity contribution >= 4 is 11.6 Å². The number of aliphatic hydroxyl groups excluding tert-OH is 1. The van der Waals surface area contributed by atoms with Gasteiger partial charge in [0.15, 0.2) is 0 Å². The number of Topliss-reactive ketones (excluding diaryl/α,β-unsaturated/α-hetero) is 2. The highest BCUT2D eigenvalue weighted by Crippen LogP contribution is 2.57. The van der Waals surface area contributed by atoms with E-state index in [9.17, 15) is 14.7 Å². The summed E-state index contributed by atoms with van der Waals surface area (Å²) in [5, 5.41) is 10.3. The van der Waals surface area contributed by atoms with Crippen LogP contribution in [0, 0.1) is 40.4 Å². The van der Waals surface area contributed by atoms with Gasteiger partial charge in [0.05, 0.1) is 6.10 Å². The number of carbonyl (C=O) groups excluding carboxylic acids is 2. The van der Waals surface area contributed by atoms with Crippen LogP contribution in [-0.4, -0.2) is 22.8 Å². The summed E-state index contributed by atoms with van der Waals surface area (Å²) in [6.45, 7) is 19.6. The van der Waals surface area contributed by atoms with E-state index >= 15 is 0 Å². The summed E-state index contributed by atoms with van der Waals surface area (Å²) in [6, 6.07) is 0. The van der Waals surface area contributed by atoms with Crippen molar-refractivity contribution in [3.8, 4) is 0 Å². The molecule has 0 saturated heterocycles. The summed E-state index contributed by atoms with van der Waals surface area (Å²) in [4.78, 5) is 26.2. The third-order valence-electron chi connectivity index (χ3n) is 10.0. The molecule has 3 fully saturated rings.